The van der Waals surface area contributed by atoms with Gasteiger partial charge in [0.25, 0.3) is 0 Å². The number of fused-ring (bicyclic) bond motifs is 2. The number of allylic oxidation sites excluding steroid dienone is 1. The second kappa shape index (κ2) is 9.90. The zero-order chi connectivity index (χ0) is 19.9. The summed E-state index contributed by atoms with van der Waals surface area (Å²) in [7, 11) is 1.60. The molecule has 0 aromatic carbocycles. The number of ether oxygens (including phenoxy) is 3. The van der Waals surface area contributed by atoms with Crippen LogP contribution in [0, 0.1) is 11.3 Å². The van der Waals surface area contributed by atoms with Gasteiger partial charge in [0, 0.05) is 39.1 Å². The molecule has 154 valence electrons. The van der Waals surface area contributed by atoms with E-state index < -0.39 is 0 Å². The average Bonchev–Trinajstić information content (AvgIpc) is 2.74. The Hall–Kier alpha value is -2.10. The standard InChI is InChI=1S/C18H27ClN6O3/c1-11(21-7-12-3-5-27-6-4-12)15-16(20)28-10-13(26-2)8-22-17-14(19)9-23-18(24-15)25-17/h9,12-13,20-21H,3-8,10H2,1-2H3,(H2,22,23,24,25)/b15-11+,20-16?. The Morgan fingerprint density at radius 1 is 1.43 bits per heavy atom. The molecule has 28 heavy (non-hydrogen) atoms. The minimum atomic E-state index is -0.260. The highest BCUT2D eigenvalue weighted by Crippen LogP contribution is 2.22. The number of nitrogens with one attached hydrogen (secondary N) is 4. The molecule has 3 heterocycles. The summed E-state index contributed by atoms with van der Waals surface area (Å²) >= 11 is 6.18. The normalized spacial score (nSPS) is 23.0. The molecule has 2 bridgehead atoms. The fraction of sp³-hybridized carbons (Fsp3) is 0.611. The summed E-state index contributed by atoms with van der Waals surface area (Å²) in [5.41, 5.74) is 1.27. The summed E-state index contributed by atoms with van der Waals surface area (Å²) in [4.78, 5) is 8.62. The van der Waals surface area contributed by atoms with Crippen molar-refractivity contribution in [2.45, 2.75) is 25.9 Å². The Morgan fingerprint density at radius 2 is 2.21 bits per heavy atom. The molecule has 0 saturated carbocycles. The monoisotopic (exact) mass is 410 g/mol. The van der Waals surface area contributed by atoms with Crippen LogP contribution in [-0.4, -0.2) is 62.0 Å². The molecule has 2 aliphatic rings. The Balaban J connectivity index is 1.81. The lowest BCUT2D eigenvalue weighted by Crippen LogP contribution is -2.31. The van der Waals surface area contributed by atoms with Gasteiger partial charge in [0.15, 0.2) is 5.82 Å². The lowest BCUT2D eigenvalue weighted by atomic mass is 10.0. The molecule has 1 aromatic heterocycles. The van der Waals surface area contributed by atoms with Crippen LogP contribution in [0.2, 0.25) is 5.02 Å². The summed E-state index contributed by atoms with van der Waals surface area (Å²) in [6.07, 6.45) is 3.32. The van der Waals surface area contributed by atoms with Crippen molar-refractivity contribution in [3.05, 3.63) is 22.6 Å². The van der Waals surface area contributed by atoms with Crippen LogP contribution in [0.4, 0.5) is 11.8 Å². The van der Waals surface area contributed by atoms with E-state index >= 15 is 0 Å². The molecule has 1 unspecified atom stereocenters. The second-order valence-electron chi connectivity index (χ2n) is 6.83. The highest BCUT2D eigenvalue weighted by atomic mass is 35.5. The van der Waals surface area contributed by atoms with Gasteiger partial charge in [-0.05, 0) is 25.7 Å². The molecule has 1 atom stereocenters. The minimum absolute atomic E-state index is 0.000951. The zero-order valence-corrected chi connectivity index (χ0v) is 16.9. The zero-order valence-electron chi connectivity index (χ0n) is 16.2. The first kappa shape index (κ1) is 20.6. The number of halogens is 1. The molecule has 0 radical (unpaired) electrons. The van der Waals surface area contributed by atoms with Crippen LogP contribution in [0.1, 0.15) is 19.8 Å². The van der Waals surface area contributed by atoms with E-state index in [2.05, 4.69) is 25.9 Å². The van der Waals surface area contributed by atoms with E-state index in [0.29, 0.717) is 34.9 Å². The van der Waals surface area contributed by atoms with Crippen molar-refractivity contribution in [1.29, 1.82) is 5.41 Å². The molecule has 0 aliphatic carbocycles. The summed E-state index contributed by atoms with van der Waals surface area (Å²) in [5, 5.41) is 18.4. The first-order valence-corrected chi connectivity index (χ1v) is 9.75. The third-order valence-electron chi connectivity index (χ3n) is 4.82. The molecule has 0 spiro atoms. The van der Waals surface area contributed by atoms with Crippen molar-refractivity contribution in [1.82, 2.24) is 15.3 Å². The largest absolute Gasteiger partial charge is 0.474 e. The van der Waals surface area contributed by atoms with Gasteiger partial charge in [0.05, 0.1) is 6.20 Å². The summed E-state index contributed by atoms with van der Waals surface area (Å²) in [6, 6.07) is 0. The van der Waals surface area contributed by atoms with E-state index in [1.54, 1.807) is 7.11 Å². The molecule has 1 saturated heterocycles. The molecule has 0 amide bonds. The molecule has 1 aromatic rings. The van der Waals surface area contributed by atoms with Crippen LogP contribution in [0.3, 0.4) is 0 Å². The van der Waals surface area contributed by atoms with Gasteiger partial charge in [-0.25, -0.2) is 4.98 Å². The third-order valence-corrected chi connectivity index (χ3v) is 5.10. The molecule has 2 aliphatic heterocycles. The van der Waals surface area contributed by atoms with E-state index in [4.69, 9.17) is 31.2 Å². The van der Waals surface area contributed by atoms with Gasteiger partial charge in [-0.3, -0.25) is 5.41 Å². The van der Waals surface area contributed by atoms with Gasteiger partial charge >= 0.3 is 0 Å². The highest BCUT2D eigenvalue weighted by molar-refractivity contribution is 6.32. The molecule has 3 rings (SSSR count). The van der Waals surface area contributed by atoms with Crippen LogP contribution in [0.15, 0.2) is 17.6 Å². The second-order valence-corrected chi connectivity index (χ2v) is 7.24. The maximum absolute atomic E-state index is 8.39. The smallest absolute Gasteiger partial charge is 0.232 e. The van der Waals surface area contributed by atoms with Gasteiger partial charge in [0.1, 0.15) is 23.4 Å². The first-order chi connectivity index (χ1) is 13.6. The summed E-state index contributed by atoms with van der Waals surface area (Å²) < 4.78 is 16.5. The molecular formula is C18H27ClN6O3. The van der Waals surface area contributed by atoms with Crippen LogP contribution < -0.4 is 16.0 Å². The van der Waals surface area contributed by atoms with Crippen molar-refractivity contribution in [2.75, 3.05) is 50.7 Å². The fourth-order valence-corrected chi connectivity index (χ4v) is 3.15. The molecule has 4 N–H and O–H groups in total. The number of rotatable bonds is 4. The Kier molecular flexibility index (Phi) is 7.30. The van der Waals surface area contributed by atoms with Crippen LogP contribution in [0.25, 0.3) is 0 Å². The number of nitrogens with zero attached hydrogens (tertiary/aromatic N) is 2. The predicted molar refractivity (Wildman–Crippen MR) is 108 cm³/mol. The van der Waals surface area contributed by atoms with E-state index in [-0.39, 0.29) is 18.6 Å². The maximum atomic E-state index is 8.39. The summed E-state index contributed by atoms with van der Waals surface area (Å²) in [5.74, 6) is 1.38. The Labute approximate surface area is 169 Å². The van der Waals surface area contributed by atoms with Crippen molar-refractivity contribution in [2.24, 2.45) is 5.92 Å². The number of hydrogen-bond acceptors (Lipinski definition) is 9. The van der Waals surface area contributed by atoms with Crippen molar-refractivity contribution in [3.63, 3.8) is 0 Å². The topological polar surface area (TPSA) is 113 Å². The number of hydrogen-bond donors (Lipinski definition) is 4. The molecular weight excluding hydrogens is 384 g/mol. The van der Waals surface area contributed by atoms with E-state index in [9.17, 15) is 0 Å². The van der Waals surface area contributed by atoms with Gasteiger partial charge in [-0.15, -0.1) is 0 Å². The Morgan fingerprint density at radius 3 is 2.96 bits per heavy atom. The summed E-state index contributed by atoms with van der Waals surface area (Å²) in [6.45, 7) is 4.98. The predicted octanol–water partition coefficient (Wildman–Crippen LogP) is 2.22. The van der Waals surface area contributed by atoms with Crippen molar-refractivity contribution in [3.8, 4) is 0 Å². The Bertz CT molecular complexity index is 723. The van der Waals surface area contributed by atoms with Crippen LogP contribution in [-0.2, 0) is 14.2 Å². The maximum Gasteiger partial charge on any atom is 0.232 e. The first-order valence-electron chi connectivity index (χ1n) is 9.37. The van der Waals surface area contributed by atoms with Crippen LogP contribution in [0.5, 0.6) is 0 Å². The van der Waals surface area contributed by atoms with E-state index in [1.165, 1.54) is 6.20 Å². The average molecular weight is 411 g/mol. The highest BCUT2D eigenvalue weighted by Gasteiger charge is 2.20. The van der Waals surface area contributed by atoms with E-state index in [0.717, 1.165) is 38.3 Å². The van der Waals surface area contributed by atoms with E-state index in [1.807, 2.05) is 6.92 Å². The number of aromatic nitrogens is 2. The fourth-order valence-electron chi connectivity index (χ4n) is 2.99. The third kappa shape index (κ3) is 5.46. The lowest BCUT2D eigenvalue weighted by Gasteiger charge is -2.24. The molecule has 10 heteroatoms. The number of methoxy groups -OCH3 is 1. The van der Waals surface area contributed by atoms with Gasteiger partial charge in [-0.2, -0.15) is 4.98 Å². The molecule has 1 fully saturated rings. The molecule has 9 nitrogen and oxygen atoms in total. The quantitative estimate of drug-likeness (QED) is 0.597. The SMILES string of the molecule is COC1CNc2nc(ncc2Cl)N/C(=C(\C)NCC2CCOCC2)C(=N)OC1. The van der Waals surface area contributed by atoms with Gasteiger partial charge < -0.3 is 30.2 Å². The number of anilines is 2. The lowest BCUT2D eigenvalue weighted by molar-refractivity contribution is 0.0627. The minimum Gasteiger partial charge on any atom is -0.474 e. The van der Waals surface area contributed by atoms with Crippen molar-refractivity contribution >= 4 is 29.3 Å². The van der Waals surface area contributed by atoms with Crippen molar-refractivity contribution < 1.29 is 14.2 Å². The van der Waals surface area contributed by atoms with Crippen LogP contribution >= 0.6 is 11.6 Å². The van der Waals surface area contributed by atoms with Gasteiger partial charge in [-0.1, -0.05) is 11.6 Å². The van der Waals surface area contributed by atoms with Gasteiger partial charge in [0.2, 0.25) is 11.8 Å².